The minimum atomic E-state index is -0.201. The van der Waals surface area contributed by atoms with Crippen molar-refractivity contribution in [2.24, 2.45) is 0 Å². The van der Waals surface area contributed by atoms with Gasteiger partial charge in [-0.1, -0.05) is 71.8 Å². The molecule has 0 heterocycles. The highest BCUT2D eigenvalue weighted by Gasteiger charge is 2.17. The lowest BCUT2D eigenvalue weighted by atomic mass is 9.97. The Kier molecular flexibility index (Phi) is 7.04. The molecule has 29 heavy (non-hydrogen) atoms. The van der Waals surface area contributed by atoms with Gasteiger partial charge in [-0.3, -0.25) is 4.79 Å². The predicted molar refractivity (Wildman–Crippen MR) is 115 cm³/mol. The average Bonchev–Trinajstić information content (AvgIpc) is 2.74. The van der Waals surface area contributed by atoms with Crippen LogP contribution in [0.25, 0.3) is 0 Å². The molecule has 2 N–H and O–H groups in total. The Morgan fingerprint density at radius 1 is 0.862 bits per heavy atom. The highest BCUT2D eigenvalue weighted by atomic mass is 16.5. The smallest absolute Gasteiger partial charge is 0.224 e. The minimum Gasteiger partial charge on any atom is -0.493 e. The van der Waals surface area contributed by atoms with Gasteiger partial charge in [0.05, 0.1) is 25.7 Å². The molecule has 0 saturated heterocycles. The van der Waals surface area contributed by atoms with Crippen LogP contribution in [0.1, 0.15) is 40.3 Å². The van der Waals surface area contributed by atoms with Crippen LogP contribution in [0.4, 0.5) is 0 Å². The number of aliphatic hydroxyl groups excluding tert-OH is 1. The standard InChI is InChI=1S/C25H27NO3/c1-18-3-9-21(10-4-18)25(22-11-5-19(2)6-12-22)26-24(28)15-16-29-23-13-7-20(17-27)8-14-23/h3-14,25,27H,15-17H2,1-2H3,(H,26,28). The molecule has 0 spiro atoms. The van der Waals surface area contributed by atoms with Gasteiger partial charge in [0, 0.05) is 0 Å². The molecule has 0 aliphatic carbocycles. The Balaban J connectivity index is 1.64. The largest absolute Gasteiger partial charge is 0.493 e. The number of carbonyl (C=O) groups excluding carboxylic acids is 1. The van der Waals surface area contributed by atoms with Crippen molar-refractivity contribution in [1.82, 2.24) is 5.32 Å². The summed E-state index contributed by atoms with van der Waals surface area (Å²) in [4.78, 5) is 12.6. The fourth-order valence-electron chi connectivity index (χ4n) is 3.06. The van der Waals surface area contributed by atoms with Crippen molar-refractivity contribution in [3.8, 4) is 5.75 Å². The van der Waals surface area contributed by atoms with Gasteiger partial charge in [0.1, 0.15) is 5.75 Å². The molecule has 3 aromatic carbocycles. The van der Waals surface area contributed by atoms with Gasteiger partial charge in [-0.05, 0) is 42.7 Å². The van der Waals surface area contributed by atoms with Crippen molar-refractivity contribution in [1.29, 1.82) is 0 Å². The molecule has 0 aromatic heterocycles. The molecule has 0 aliphatic rings. The number of benzene rings is 3. The van der Waals surface area contributed by atoms with Crippen LogP contribution in [0.15, 0.2) is 72.8 Å². The summed E-state index contributed by atoms with van der Waals surface area (Å²) in [6, 6.07) is 23.5. The summed E-state index contributed by atoms with van der Waals surface area (Å²) < 4.78 is 5.66. The van der Waals surface area contributed by atoms with E-state index in [0.717, 1.165) is 16.7 Å². The molecule has 0 atom stereocenters. The quantitative estimate of drug-likeness (QED) is 0.598. The van der Waals surface area contributed by atoms with E-state index in [-0.39, 0.29) is 25.0 Å². The van der Waals surface area contributed by atoms with Crippen LogP contribution in [-0.4, -0.2) is 17.6 Å². The molecule has 0 radical (unpaired) electrons. The molecular formula is C25H27NO3. The van der Waals surface area contributed by atoms with Crippen LogP contribution in [-0.2, 0) is 11.4 Å². The van der Waals surface area contributed by atoms with Gasteiger partial charge < -0.3 is 15.2 Å². The number of aliphatic hydroxyl groups is 1. The highest BCUT2D eigenvalue weighted by molar-refractivity contribution is 5.77. The van der Waals surface area contributed by atoms with Crippen LogP contribution in [0.2, 0.25) is 0 Å². The zero-order valence-electron chi connectivity index (χ0n) is 16.9. The molecule has 4 heteroatoms. The Hall–Kier alpha value is -3.11. The van der Waals surface area contributed by atoms with Crippen LogP contribution in [0, 0.1) is 13.8 Å². The summed E-state index contributed by atoms with van der Waals surface area (Å²) in [5, 5.41) is 12.2. The summed E-state index contributed by atoms with van der Waals surface area (Å²) in [5.41, 5.74) is 5.29. The van der Waals surface area contributed by atoms with Crippen molar-refractivity contribution in [2.75, 3.05) is 6.61 Å². The lowest BCUT2D eigenvalue weighted by molar-refractivity contribution is -0.122. The third kappa shape index (κ3) is 5.93. The minimum absolute atomic E-state index is 0.00208. The molecule has 0 aliphatic heterocycles. The molecule has 1 amide bonds. The van der Waals surface area contributed by atoms with Gasteiger partial charge in [-0.25, -0.2) is 0 Å². The summed E-state index contributed by atoms with van der Waals surface area (Å²) in [7, 11) is 0. The van der Waals surface area contributed by atoms with Crippen LogP contribution >= 0.6 is 0 Å². The Labute approximate surface area is 172 Å². The summed E-state index contributed by atoms with van der Waals surface area (Å²) in [6.45, 7) is 4.39. The van der Waals surface area contributed by atoms with Gasteiger partial charge in [-0.2, -0.15) is 0 Å². The lowest BCUT2D eigenvalue weighted by Crippen LogP contribution is -2.30. The average molecular weight is 389 g/mol. The van der Waals surface area contributed by atoms with E-state index in [1.165, 1.54) is 11.1 Å². The Bertz CT molecular complexity index is 870. The number of hydrogen-bond donors (Lipinski definition) is 2. The van der Waals surface area contributed by atoms with Crippen molar-refractivity contribution >= 4 is 5.91 Å². The zero-order valence-corrected chi connectivity index (χ0v) is 16.9. The van der Waals surface area contributed by atoms with Gasteiger partial charge >= 0.3 is 0 Å². The predicted octanol–water partition coefficient (Wildman–Crippen LogP) is 4.47. The number of carbonyl (C=O) groups is 1. The van der Waals surface area contributed by atoms with E-state index in [2.05, 4.69) is 53.8 Å². The maximum Gasteiger partial charge on any atom is 0.224 e. The molecule has 0 unspecified atom stereocenters. The summed E-state index contributed by atoms with van der Waals surface area (Å²) in [5.74, 6) is 0.617. The zero-order chi connectivity index (χ0) is 20.6. The van der Waals surface area contributed by atoms with Crippen molar-refractivity contribution < 1.29 is 14.6 Å². The second kappa shape index (κ2) is 9.89. The molecule has 3 aromatic rings. The molecule has 4 nitrogen and oxygen atoms in total. The van der Waals surface area contributed by atoms with Crippen molar-refractivity contribution in [2.45, 2.75) is 32.9 Å². The lowest BCUT2D eigenvalue weighted by Gasteiger charge is -2.20. The van der Waals surface area contributed by atoms with E-state index in [0.29, 0.717) is 12.4 Å². The number of aryl methyl sites for hydroxylation is 2. The van der Waals surface area contributed by atoms with E-state index in [9.17, 15) is 4.79 Å². The van der Waals surface area contributed by atoms with E-state index in [1.54, 1.807) is 24.3 Å². The maximum atomic E-state index is 12.6. The molecule has 150 valence electrons. The first kappa shape index (κ1) is 20.6. The number of rotatable bonds is 8. The SMILES string of the molecule is Cc1ccc(C(NC(=O)CCOc2ccc(CO)cc2)c2ccc(C)cc2)cc1. The molecule has 0 fully saturated rings. The number of hydrogen-bond acceptors (Lipinski definition) is 3. The number of amides is 1. The fourth-order valence-corrected chi connectivity index (χ4v) is 3.06. The molecule has 0 saturated carbocycles. The van der Waals surface area contributed by atoms with Crippen molar-refractivity contribution in [3.63, 3.8) is 0 Å². The van der Waals surface area contributed by atoms with Gasteiger partial charge in [-0.15, -0.1) is 0 Å². The summed E-state index contributed by atoms with van der Waals surface area (Å²) >= 11 is 0. The highest BCUT2D eigenvalue weighted by Crippen LogP contribution is 2.23. The topological polar surface area (TPSA) is 58.6 Å². The van der Waals surface area contributed by atoms with Crippen LogP contribution in [0.3, 0.4) is 0 Å². The first-order chi connectivity index (χ1) is 14.0. The Morgan fingerprint density at radius 3 is 1.86 bits per heavy atom. The van der Waals surface area contributed by atoms with E-state index < -0.39 is 0 Å². The number of nitrogens with one attached hydrogen (secondary N) is 1. The van der Waals surface area contributed by atoms with Crippen LogP contribution < -0.4 is 10.1 Å². The monoisotopic (exact) mass is 389 g/mol. The first-order valence-corrected chi connectivity index (χ1v) is 9.80. The third-order valence-electron chi connectivity index (χ3n) is 4.83. The second-order valence-corrected chi connectivity index (χ2v) is 7.22. The summed E-state index contributed by atoms with van der Waals surface area (Å²) in [6.07, 6.45) is 0.260. The van der Waals surface area contributed by atoms with E-state index in [1.807, 2.05) is 13.8 Å². The fraction of sp³-hybridized carbons (Fsp3) is 0.240. The second-order valence-electron chi connectivity index (χ2n) is 7.22. The van der Waals surface area contributed by atoms with Crippen LogP contribution in [0.5, 0.6) is 5.75 Å². The molecular weight excluding hydrogens is 362 g/mol. The maximum absolute atomic E-state index is 12.6. The Morgan fingerprint density at radius 2 is 1.38 bits per heavy atom. The van der Waals surface area contributed by atoms with Gasteiger partial charge in [0.15, 0.2) is 0 Å². The van der Waals surface area contributed by atoms with E-state index in [4.69, 9.17) is 9.84 Å². The van der Waals surface area contributed by atoms with Gasteiger partial charge in [0.2, 0.25) is 5.91 Å². The third-order valence-corrected chi connectivity index (χ3v) is 4.83. The number of ether oxygens (including phenoxy) is 1. The van der Waals surface area contributed by atoms with Gasteiger partial charge in [0.25, 0.3) is 0 Å². The first-order valence-electron chi connectivity index (χ1n) is 9.80. The molecule has 3 rings (SSSR count). The normalized spacial score (nSPS) is 10.8. The van der Waals surface area contributed by atoms with Crippen molar-refractivity contribution in [3.05, 3.63) is 101 Å². The van der Waals surface area contributed by atoms with E-state index >= 15 is 0 Å². The molecule has 0 bridgehead atoms.